The lowest BCUT2D eigenvalue weighted by molar-refractivity contribution is 0.262. The zero-order valence-corrected chi connectivity index (χ0v) is 10.5. The maximum absolute atomic E-state index is 5.55. The topological polar surface area (TPSA) is 38.0 Å². The number of nitrogens with one attached hydrogen (secondary N) is 1. The van der Waals surface area contributed by atoms with Gasteiger partial charge in [-0.25, -0.2) is 0 Å². The molecule has 0 bridgehead atoms. The van der Waals surface area contributed by atoms with Crippen molar-refractivity contribution in [2.45, 2.75) is 52.4 Å². The first-order valence-corrected chi connectivity index (χ1v) is 6.63. The van der Waals surface area contributed by atoms with Crippen molar-refractivity contribution >= 4 is 0 Å². The molecule has 2 heteroatoms. The molecule has 90 valence electrons. The smallest absolute Gasteiger partial charge is 0.000782 e. The second-order valence-electron chi connectivity index (χ2n) is 5.37. The molecule has 1 atom stereocenters. The van der Waals surface area contributed by atoms with Gasteiger partial charge in [0.05, 0.1) is 0 Å². The Morgan fingerprint density at radius 2 is 2.00 bits per heavy atom. The highest BCUT2D eigenvalue weighted by Gasteiger charge is 2.31. The van der Waals surface area contributed by atoms with E-state index in [1.165, 1.54) is 38.6 Å². The fourth-order valence-corrected chi connectivity index (χ4v) is 2.75. The van der Waals surface area contributed by atoms with Crippen molar-refractivity contribution in [2.75, 3.05) is 19.6 Å². The second kappa shape index (κ2) is 6.49. The molecule has 1 rings (SSSR count). The molecule has 1 unspecified atom stereocenters. The Morgan fingerprint density at radius 1 is 1.33 bits per heavy atom. The van der Waals surface area contributed by atoms with Crippen LogP contribution in [0.25, 0.3) is 0 Å². The average molecular weight is 212 g/mol. The minimum Gasteiger partial charge on any atom is -0.330 e. The summed E-state index contributed by atoms with van der Waals surface area (Å²) in [6.45, 7) is 7.81. The first kappa shape index (κ1) is 13.0. The summed E-state index contributed by atoms with van der Waals surface area (Å²) < 4.78 is 0. The third kappa shape index (κ3) is 4.12. The molecule has 0 aromatic carbocycles. The summed E-state index contributed by atoms with van der Waals surface area (Å²) in [6.07, 6.45) is 8.22. The van der Waals surface area contributed by atoms with Gasteiger partial charge in [-0.1, -0.05) is 26.7 Å². The van der Waals surface area contributed by atoms with Crippen LogP contribution >= 0.6 is 0 Å². The van der Waals surface area contributed by atoms with E-state index in [4.69, 9.17) is 5.73 Å². The Morgan fingerprint density at radius 3 is 2.53 bits per heavy atom. The second-order valence-corrected chi connectivity index (χ2v) is 5.37. The van der Waals surface area contributed by atoms with Gasteiger partial charge in [-0.3, -0.25) is 0 Å². The highest BCUT2D eigenvalue weighted by Crippen LogP contribution is 2.40. The van der Waals surface area contributed by atoms with E-state index in [0.29, 0.717) is 5.41 Å². The van der Waals surface area contributed by atoms with E-state index in [0.717, 1.165) is 25.4 Å². The van der Waals surface area contributed by atoms with Crippen LogP contribution in [0.5, 0.6) is 0 Å². The van der Waals surface area contributed by atoms with Gasteiger partial charge >= 0.3 is 0 Å². The highest BCUT2D eigenvalue weighted by molar-refractivity contribution is 4.85. The first-order valence-electron chi connectivity index (χ1n) is 6.63. The van der Waals surface area contributed by atoms with Crippen molar-refractivity contribution in [2.24, 2.45) is 17.1 Å². The first-order chi connectivity index (χ1) is 7.22. The summed E-state index contributed by atoms with van der Waals surface area (Å²) in [5, 5.41) is 3.65. The molecule has 0 spiro atoms. The number of hydrogen-bond acceptors (Lipinski definition) is 2. The lowest BCUT2D eigenvalue weighted by Gasteiger charge is -2.28. The molecule has 0 saturated heterocycles. The zero-order chi connectivity index (χ0) is 11.1. The predicted octanol–water partition coefficient (Wildman–Crippen LogP) is 2.53. The molecule has 0 amide bonds. The Bertz CT molecular complexity index is 162. The molecule has 0 aromatic rings. The van der Waals surface area contributed by atoms with E-state index in [-0.39, 0.29) is 0 Å². The van der Waals surface area contributed by atoms with Gasteiger partial charge in [0.1, 0.15) is 0 Å². The predicted molar refractivity (Wildman–Crippen MR) is 66.9 cm³/mol. The average Bonchev–Trinajstić information content (AvgIpc) is 2.68. The van der Waals surface area contributed by atoms with Crippen molar-refractivity contribution in [3.05, 3.63) is 0 Å². The molecule has 0 radical (unpaired) electrons. The lowest BCUT2D eigenvalue weighted by Crippen LogP contribution is -2.34. The van der Waals surface area contributed by atoms with Crippen LogP contribution in [0.4, 0.5) is 0 Å². The fourth-order valence-electron chi connectivity index (χ4n) is 2.75. The van der Waals surface area contributed by atoms with Crippen LogP contribution in [0.1, 0.15) is 52.4 Å². The summed E-state index contributed by atoms with van der Waals surface area (Å²) in [5.74, 6) is 0.727. The molecule has 1 aliphatic carbocycles. The largest absolute Gasteiger partial charge is 0.330 e. The minimum absolute atomic E-state index is 0.627. The molecule has 0 aromatic heterocycles. The summed E-state index contributed by atoms with van der Waals surface area (Å²) in [6, 6.07) is 0. The maximum Gasteiger partial charge on any atom is 0.000782 e. The standard InChI is InChI=1S/C13H28N2/c1-3-13(7-4-5-8-13)11-15-10-12(2)6-9-14/h12,15H,3-11,14H2,1-2H3. The van der Waals surface area contributed by atoms with Crippen molar-refractivity contribution < 1.29 is 0 Å². The van der Waals surface area contributed by atoms with Crippen LogP contribution in [-0.4, -0.2) is 19.6 Å². The zero-order valence-electron chi connectivity index (χ0n) is 10.5. The van der Waals surface area contributed by atoms with Gasteiger partial charge in [-0.15, -0.1) is 0 Å². The molecule has 1 fully saturated rings. The number of hydrogen-bond donors (Lipinski definition) is 2. The van der Waals surface area contributed by atoms with E-state index in [9.17, 15) is 0 Å². The van der Waals surface area contributed by atoms with Gasteiger partial charge in [0, 0.05) is 6.54 Å². The molecule has 1 aliphatic rings. The number of nitrogens with two attached hydrogens (primary N) is 1. The Kier molecular flexibility index (Phi) is 5.62. The van der Waals surface area contributed by atoms with Gasteiger partial charge in [0.15, 0.2) is 0 Å². The van der Waals surface area contributed by atoms with E-state index < -0.39 is 0 Å². The molecule has 3 N–H and O–H groups in total. The quantitative estimate of drug-likeness (QED) is 0.680. The van der Waals surface area contributed by atoms with Gasteiger partial charge < -0.3 is 11.1 Å². The van der Waals surface area contributed by atoms with Crippen LogP contribution < -0.4 is 11.1 Å². The Labute approximate surface area is 95.0 Å². The summed E-state index contributed by atoms with van der Waals surface area (Å²) in [7, 11) is 0. The van der Waals surface area contributed by atoms with Crippen LogP contribution in [0.15, 0.2) is 0 Å². The summed E-state index contributed by atoms with van der Waals surface area (Å²) in [4.78, 5) is 0. The van der Waals surface area contributed by atoms with Crippen LogP contribution in [0, 0.1) is 11.3 Å². The van der Waals surface area contributed by atoms with Crippen LogP contribution in [0.2, 0.25) is 0 Å². The van der Waals surface area contributed by atoms with Gasteiger partial charge in [-0.2, -0.15) is 0 Å². The molecule has 0 heterocycles. The summed E-state index contributed by atoms with van der Waals surface area (Å²) >= 11 is 0. The molecule has 2 nitrogen and oxygen atoms in total. The molecule has 15 heavy (non-hydrogen) atoms. The van der Waals surface area contributed by atoms with E-state index in [2.05, 4.69) is 19.2 Å². The van der Waals surface area contributed by atoms with Gasteiger partial charge in [-0.05, 0) is 50.1 Å². The van der Waals surface area contributed by atoms with Crippen LogP contribution in [-0.2, 0) is 0 Å². The molecular formula is C13H28N2. The minimum atomic E-state index is 0.627. The van der Waals surface area contributed by atoms with E-state index in [1.807, 2.05) is 0 Å². The van der Waals surface area contributed by atoms with E-state index in [1.54, 1.807) is 0 Å². The monoisotopic (exact) mass is 212 g/mol. The normalized spacial score (nSPS) is 21.8. The molecule has 1 saturated carbocycles. The number of rotatable bonds is 7. The Balaban J connectivity index is 2.17. The SMILES string of the molecule is CCC1(CNCC(C)CCN)CCCC1. The summed E-state index contributed by atoms with van der Waals surface area (Å²) in [5.41, 5.74) is 6.18. The van der Waals surface area contributed by atoms with Crippen molar-refractivity contribution in [3.8, 4) is 0 Å². The maximum atomic E-state index is 5.55. The molecular weight excluding hydrogens is 184 g/mol. The van der Waals surface area contributed by atoms with Crippen molar-refractivity contribution in [3.63, 3.8) is 0 Å². The lowest BCUT2D eigenvalue weighted by atomic mass is 9.83. The van der Waals surface area contributed by atoms with Gasteiger partial charge in [0.2, 0.25) is 0 Å². The molecule has 0 aliphatic heterocycles. The van der Waals surface area contributed by atoms with E-state index >= 15 is 0 Å². The third-order valence-electron chi connectivity index (χ3n) is 4.07. The van der Waals surface area contributed by atoms with Crippen LogP contribution in [0.3, 0.4) is 0 Å². The van der Waals surface area contributed by atoms with Crippen molar-refractivity contribution in [1.82, 2.24) is 5.32 Å². The Hall–Kier alpha value is -0.0800. The fraction of sp³-hybridized carbons (Fsp3) is 1.00. The highest BCUT2D eigenvalue weighted by atomic mass is 14.9. The van der Waals surface area contributed by atoms with Gasteiger partial charge in [0.25, 0.3) is 0 Å². The van der Waals surface area contributed by atoms with Crippen molar-refractivity contribution in [1.29, 1.82) is 0 Å². The third-order valence-corrected chi connectivity index (χ3v) is 4.07.